The van der Waals surface area contributed by atoms with Gasteiger partial charge in [-0.15, -0.1) is 0 Å². The highest BCUT2D eigenvalue weighted by Gasteiger charge is 2.52. The molecule has 1 aliphatic rings. The molecule has 1 fully saturated rings. The first-order valence-corrected chi connectivity index (χ1v) is 6.42. The van der Waals surface area contributed by atoms with Crippen molar-refractivity contribution in [3.8, 4) is 0 Å². The highest BCUT2D eigenvalue weighted by Crippen LogP contribution is 2.32. The third-order valence-corrected chi connectivity index (χ3v) is 3.65. The Morgan fingerprint density at radius 2 is 1.79 bits per heavy atom. The van der Waals surface area contributed by atoms with Crippen LogP contribution in [-0.2, 0) is 15.1 Å². The van der Waals surface area contributed by atoms with Gasteiger partial charge in [0.05, 0.1) is 0 Å². The van der Waals surface area contributed by atoms with Gasteiger partial charge in [0.2, 0.25) is 5.54 Å². The largest absolute Gasteiger partial charge is 0.479 e. The lowest BCUT2D eigenvalue weighted by molar-refractivity contribution is -0.156. The standard InChI is InChI=1S/C13H15ClN2O3/c14-11(17)13(12(18)19,10-4-2-1-3-5-10)16-8-6-15-7-9-16/h1-5,15H,6-9H2,(H,18,19). The van der Waals surface area contributed by atoms with Gasteiger partial charge >= 0.3 is 5.97 Å². The van der Waals surface area contributed by atoms with Crippen molar-refractivity contribution in [1.82, 2.24) is 10.2 Å². The molecular formula is C13H15ClN2O3. The van der Waals surface area contributed by atoms with Gasteiger partial charge in [-0.05, 0) is 17.2 Å². The molecular weight excluding hydrogens is 268 g/mol. The molecule has 1 aliphatic heterocycles. The fraction of sp³-hybridized carbons (Fsp3) is 0.385. The van der Waals surface area contributed by atoms with Crippen LogP contribution < -0.4 is 5.32 Å². The van der Waals surface area contributed by atoms with Gasteiger partial charge in [-0.1, -0.05) is 30.3 Å². The van der Waals surface area contributed by atoms with Crippen molar-refractivity contribution >= 4 is 22.8 Å². The predicted octanol–water partition coefficient (Wildman–Crippen LogP) is 0.637. The summed E-state index contributed by atoms with van der Waals surface area (Å²) in [5.41, 5.74) is -1.41. The van der Waals surface area contributed by atoms with E-state index in [0.717, 1.165) is 0 Å². The molecule has 1 saturated heterocycles. The Morgan fingerprint density at radius 1 is 1.21 bits per heavy atom. The van der Waals surface area contributed by atoms with E-state index in [0.29, 0.717) is 31.7 Å². The zero-order chi connectivity index (χ0) is 13.9. The summed E-state index contributed by atoms with van der Waals surface area (Å²) < 4.78 is 0. The van der Waals surface area contributed by atoms with Crippen molar-refractivity contribution in [2.45, 2.75) is 5.54 Å². The Labute approximate surface area is 116 Å². The Balaban J connectivity index is 2.53. The van der Waals surface area contributed by atoms with E-state index >= 15 is 0 Å². The monoisotopic (exact) mass is 282 g/mol. The molecule has 0 radical (unpaired) electrons. The van der Waals surface area contributed by atoms with Crippen LogP contribution in [0, 0.1) is 0 Å². The summed E-state index contributed by atoms with van der Waals surface area (Å²) in [7, 11) is 0. The highest BCUT2D eigenvalue weighted by molar-refractivity contribution is 6.67. The van der Waals surface area contributed by atoms with Gasteiger partial charge in [0, 0.05) is 26.2 Å². The van der Waals surface area contributed by atoms with Crippen LogP contribution in [0.5, 0.6) is 0 Å². The number of hydrogen-bond donors (Lipinski definition) is 2. The van der Waals surface area contributed by atoms with E-state index in [2.05, 4.69) is 5.32 Å². The van der Waals surface area contributed by atoms with Crippen molar-refractivity contribution in [3.05, 3.63) is 35.9 Å². The SMILES string of the molecule is O=C(O)C(C(=O)Cl)(c1ccccc1)N1CCNCC1. The summed E-state index contributed by atoms with van der Waals surface area (Å²) >= 11 is 5.68. The molecule has 0 spiro atoms. The quantitative estimate of drug-likeness (QED) is 0.626. The number of piperazine rings is 1. The van der Waals surface area contributed by atoms with Gasteiger partial charge in [0.25, 0.3) is 5.24 Å². The second kappa shape index (κ2) is 5.69. The number of carbonyl (C=O) groups is 2. The molecule has 0 aliphatic carbocycles. The lowest BCUT2D eigenvalue weighted by atomic mass is 9.88. The van der Waals surface area contributed by atoms with Crippen molar-refractivity contribution in [3.63, 3.8) is 0 Å². The summed E-state index contributed by atoms with van der Waals surface area (Å²) in [6.45, 7) is 2.18. The number of carboxylic acid groups (broad SMARTS) is 1. The van der Waals surface area contributed by atoms with Crippen LogP contribution in [0.1, 0.15) is 5.56 Å². The van der Waals surface area contributed by atoms with E-state index in [1.807, 2.05) is 0 Å². The second-order valence-corrected chi connectivity index (χ2v) is 4.74. The van der Waals surface area contributed by atoms with Crippen LogP contribution in [0.2, 0.25) is 0 Å². The zero-order valence-corrected chi connectivity index (χ0v) is 11.1. The number of nitrogens with zero attached hydrogens (tertiary/aromatic N) is 1. The highest BCUT2D eigenvalue weighted by atomic mass is 35.5. The molecule has 1 atom stereocenters. The topological polar surface area (TPSA) is 69.6 Å². The fourth-order valence-electron chi connectivity index (χ4n) is 2.44. The molecule has 6 heteroatoms. The van der Waals surface area contributed by atoms with Crippen LogP contribution in [-0.4, -0.2) is 47.4 Å². The van der Waals surface area contributed by atoms with E-state index in [-0.39, 0.29) is 0 Å². The fourth-order valence-corrected chi connectivity index (χ4v) is 2.75. The molecule has 0 amide bonds. The number of rotatable bonds is 4. The summed E-state index contributed by atoms with van der Waals surface area (Å²) in [6.07, 6.45) is 0. The van der Waals surface area contributed by atoms with E-state index < -0.39 is 16.8 Å². The average Bonchev–Trinajstić information content (AvgIpc) is 2.41. The van der Waals surface area contributed by atoms with Crippen LogP contribution >= 0.6 is 11.6 Å². The van der Waals surface area contributed by atoms with Gasteiger partial charge in [0.15, 0.2) is 0 Å². The van der Waals surface area contributed by atoms with E-state index in [1.165, 1.54) is 0 Å². The molecule has 1 unspecified atom stereocenters. The van der Waals surface area contributed by atoms with Crippen molar-refractivity contribution in [1.29, 1.82) is 0 Å². The van der Waals surface area contributed by atoms with E-state index in [4.69, 9.17) is 11.6 Å². The minimum Gasteiger partial charge on any atom is -0.479 e. The van der Waals surface area contributed by atoms with Crippen molar-refractivity contribution < 1.29 is 14.7 Å². The van der Waals surface area contributed by atoms with Crippen molar-refractivity contribution in [2.75, 3.05) is 26.2 Å². The minimum absolute atomic E-state index is 0.393. The van der Waals surface area contributed by atoms with Crippen LogP contribution in [0.15, 0.2) is 30.3 Å². The van der Waals surface area contributed by atoms with Gasteiger partial charge in [-0.2, -0.15) is 0 Å². The number of nitrogens with one attached hydrogen (secondary N) is 1. The Kier molecular flexibility index (Phi) is 4.19. The second-order valence-electron chi connectivity index (χ2n) is 4.39. The third-order valence-electron chi connectivity index (χ3n) is 3.38. The predicted molar refractivity (Wildman–Crippen MR) is 71.1 cm³/mol. The number of hydrogen-bond acceptors (Lipinski definition) is 4. The normalized spacial score (nSPS) is 19.6. The maximum atomic E-state index is 11.9. The first-order valence-electron chi connectivity index (χ1n) is 6.04. The molecule has 2 N–H and O–H groups in total. The molecule has 1 heterocycles. The molecule has 2 rings (SSSR count). The number of carboxylic acids is 1. The molecule has 0 bridgehead atoms. The number of halogens is 1. The maximum absolute atomic E-state index is 11.9. The van der Waals surface area contributed by atoms with Crippen LogP contribution in [0.25, 0.3) is 0 Å². The summed E-state index contributed by atoms with van der Waals surface area (Å²) in [6, 6.07) is 8.42. The van der Waals surface area contributed by atoms with Gasteiger partial charge in [-0.3, -0.25) is 9.69 Å². The van der Waals surface area contributed by atoms with Gasteiger partial charge < -0.3 is 10.4 Å². The van der Waals surface area contributed by atoms with Crippen molar-refractivity contribution in [2.24, 2.45) is 0 Å². The summed E-state index contributed by atoms with van der Waals surface area (Å²) in [5.74, 6) is -1.24. The Bertz CT molecular complexity index is 458. The smallest absolute Gasteiger partial charge is 0.338 e. The zero-order valence-electron chi connectivity index (χ0n) is 10.3. The summed E-state index contributed by atoms with van der Waals surface area (Å²) in [4.78, 5) is 25.3. The number of benzene rings is 1. The first-order chi connectivity index (χ1) is 9.10. The molecule has 1 aromatic carbocycles. The van der Waals surface area contributed by atoms with E-state index in [1.54, 1.807) is 35.2 Å². The average molecular weight is 283 g/mol. The number of aliphatic carboxylic acids is 1. The minimum atomic E-state index is -1.80. The maximum Gasteiger partial charge on any atom is 0.338 e. The van der Waals surface area contributed by atoms with Gasteiger partial charge in [0.1, 0.15) is 0 Å². The first kappa shape index (κ1) is 14.0. The third kappa shape index (κ3) is 2.36. The Hall–Kier alpha value is -1.43. The molecule has 0 saturated carbocycles. The molecule has 5 nitrogen and oxygen atoms in total. The molecule has 0 aromatic heterocycles. The van der Waals surface area contributed by atoms with Gasteiger partial charge in [-0.25, -0.2) is 4.79 Å². The molecule has 102 valence electrons. The molecule has 19 heavy (non-hydrogen) atoms. The lowest BCUT2D eigenvalue weighted by Crippen LogP contribution is -2.61. The lowest BCUT2D eigenvalue weighted by Gasteiger charge is -2.40. The molecule has 1 aromatic rings. The van der Waals surface area contributed by atoms with E-state index in [9.17, 15) is 14.7 Å². The summed E-state index contributed by atoms with van der Waals surface area (Å²) in [5, 5.41) is 11.9. The van der Waals surface area contributed by atoms with Crippen LogP contribution in [0.3, 0.4) is 0 Å². The van der Waals surface area contributed by atoms with Crippen LogP contribution in [0.4, 0.5) is 0 Å². The Morgan fingerprint density at radius 3 is 2.26 bits per heavy atom. The number of carbonyl (C=O) groups excluding carboxylic acids is 1.